The Balaban J connectivity index is 1.49. The van der Waals surface area contributed by atoms with Crippen LogP contribution in [0.4, 0.5) is 30.6 Å². The number of rotatable bonds is 8. The molecule has 0 saturated carbocycles. The van der Waals surface area contributed by atoms with Crippen molar-refractivity contribution in [2.45, 2.75) is 39.4 Å². The number of fused-ring (bicyclic) bond motifs is 1. The van der Waals surface area contributed by atoms with Crippen LogP contribution in [-0.4, -0.2) is 56.5 Å². The van der Waals surface area contributed by atoms with Crippen molar-refractivity contribution in [1.82, 2.24) is 24.4 Å². The van der Waals surface area contributed by atoms with Crippen molar-refractivity contribution in [2.75, 3.05) is 36.4 Å². The number of aromatic nitrogens is 4. The zero-order chi connectivity index (χ0) is 28.3. The van der Waals surface area contributed by atoms with Crippen LogP contribution in [0, 0.1) is 5.92 Å². The number of carbonyl (C=O) groups is 1. The van der Waals surface area contributed by atoms with Gasteiger partial charge in [0.05, 0.1) is 24.4 Å². The van der Waals surface area contributed by atoms with Crippen LogP contribution in [0.1, 0.15) is 37.8 Å². The second kappa shape index (κ2) is 11.5. The van der Waals surface area contributed by atoms with E-state index in [1.165, 1.54) is 12.1 Å². The molecule has 0 radical (unpaired) electrons. The van der Waals surface area contributed by atoms with Crippen LogP contribution in [0.2, 0.25) is 0 Å². The van der Waals surface area contributed by atoms with Gasteiger partial charge in [-0.05, 0) is 56.5 Å². The van der Waals surface area contributed by atoms with Crippen LogP contribution in [-0.2, 0) is 17.5 Å². The van der Waals surface area contributed by atoms with Crippen LogP contribution >= 0.6 is 0 Å². The molecule has 1 amide bonds. The summed E-state index contributed by atoms with van der Waals surface area (Å²) in [6, 6.07) is 14.7. The number of nitrogens with one attached hydrogen (secondary N) is 1. The van der Waals surface area contributed by atoms with Gasteiger partial charge in [0.1, 0.15) is 0 Å². The van der Waals surface area contributed by atoms with Crippen molar-refractivity contribution < 1.29 is 18.0 Å². The quantitative estimate of drug-likeness (QED) is 0.302. The molecule has 1 aliphatic rings. The first-order chi connectivity index (χ1) is 19.3. The minimum absolute atomic E-state index is 0.143. The van der Waals surface area contributed by atoms with Crippen molar-refractivity contribution in [3.05, 3.63) is 72.1 Å². The summed E-state index contributed by atoms with van der Waals surface area (Å²) in [6.45, 7) is 6.82. The summed E-state index contributed by atoms with van der Waals surface area (Å²) in [5, 5.41) is 3.34. The molecule has 0 spiro atoms. The van der Waals surface area contributed by atoms with Gasteiger partial charge in [-0.3, -0.25) is 4.79 Å². The molecule has 0 aliphatic carbocycles. The number of carbonyl (C=O) groups excluding carboxylic acids is 1. The van der Waals surface area contributed by atoms with Crippen LogP contribution in [0.25, 0.3) is 11.2 Å². The zero-order valence-corrected chi connectivity index (χ0v) is 22.5. The molecule has 5 rings (SSSR count). The summed E-state index contributed by atoms with van der Waals surface area (Å²) >= 11 is 0. The lowest BCUT2D eigenvalue weighted by molar-refractivity contribution is -0.137. The lowest BCUT2D eigenvalue weighted by Gasteiger charge is -2.34. The fraction of sp³-hybridized carbons (Fsp3) is 0.379. The van der Waals surface area contributed by atoms with E-state index in [2.05, 4.69) is 10.3 Å². The highest BCUT2D eigenvalue weighted by molar-refractivity contribution is 5.87. The van der Waals surface area contributed by atoms with Crippen molar-refractivity contribution in [3.63, 3.8) is 0 Å². The molecule has 1 atom stereocenters. The topological polar surface area (TPSA) is 79.2 Å². The predicted molar refractivity (Wildman–Crippen MR) is 148 cm³/mol. The molecule has 1 unspecified atom stereocenters. The molecule has 11 heteroatoms. The van der Waals surface area contributed by atoms with Gasteiger partial charge in [-0.25, -0.2) is 4.98 Å². The molecule has 3 heterocycles. The Labute approximate surface area is 230 Å². The normalized spacial score (nSPS) is 15.8. The molecule has 4 aromatic rings. The Morgan fingerprint density at radius 1 is 1.05 bits per heavy atom. The summed E-state index contributed by atoms with van der Waals surface area (Å²) in [7, 11) is 0. The van der Waals surface area contributed by atoms with E-state index >= 15 is 0 Å². The number of para-hydroxylation sites is 1. The lowest BCUT2D eigenvalue weighted by Crippen LogP contribution is -2.45. The van der Waals surface area contributed by atoms with Crippen LogP contribution in [0.15, 0.2) is 60.9 Å². The first-order valence-corrected chi connectivity index (χ1v) is 13.5. The highest BCUT2D eigenvalue weighted by Gasteiger charge is 2.31. The highest BCUT2D eigenvalue weighted by Crippen LogP contribution is 2.31. The summed E-state index contributed by atoms with van der Waals surface area (Å²) in [4.78, 5) is 31.3. The second-order valence-electron chi connectivity index (χ2n) is 9.90. The Morgan fingerprint density at radius 2 is 1.77 bits per heavy atom. The maximum atomic E-state index is 13.1. The summed E-state index contributed by atoms with van der Waals surface area (Å²) in [5.74, 6) is 1.01. The van der Waals surface area contributed by atoms with E-state index in [0.717, 1.165) is 30.7 Å². The third kappa shape index (κ3) is 5.88. The lowest BCUT2D eigenvalue weighted by atomic mass is 9.96. The van der Waals surface area contributed by atoms with E-state index in [0.29, 0.717) is 61.2 Å². The summed E-state index contributed by atoms with van der Waals surface area (Å²) in [5.41, 5.74) is 1.93. The van der Waals surface area contributed by atoms with Gasteiger partial charge in [-0.15, -0.1) is 0 Å². The van der Waals surface area contributed by atoms with E-state index in [1.54, 1.807) is 6.33 Å². The van der Waals surface area contributed by atoms with E-state index < -0.39 is 11.7 Å². The fourth-order valence-corrected chi connectivity index (χ4v) is 5.08. The number of benzene rings is 2. The van der Waals surface area contributed by atoms with Gasteiger partial charge in [0.15, 0.2) is 17.0 Å². The molecule has 0 bridgehead atoms. The highest BCUT2D eigenvalue weighted by atomic mass is 19.4. The Bertz CT molecular complexity index is 1450. The third-order valence-electron chi connectivity index (χ3n) is 7.25. The largest absolute Gasteiger partial charge is 0.416 e. The van der Waals surface area contributed by atoms with Crippen molar-refractivity contribution >= 4 is 34.5 Å². The minimum Gasteiger partial charge on any atom is -0.343 e. The third-order valence-corrected chi connectivity index (χ3v) is 7.25. The Hall–Kier alpha value is -4.15. The monoisotopic (exact) mass is 551 g/mol. The number of amides is 1. The average molecular weight is 552 g/mol. The van der Waals surface area contributed by atoms with Gasteiger partial charge in [0.2, 0.25) is 11.9 Å². The van der Waals surface area contributed by atoms with Gasteiger partial charge in [-0.1, -0.05) is 30.3 Å². The van der Waals surface area contributed by atoms with Crippen LogP contribution < -0.4 is 10.2 Å². The van der Waals surface area contributed by atoms with Crippen molar-refractivity contribution in [1.29, 1.82) is 0 Å². The summed E-state index contributed by atoms with van der Waals surface area (Å²) < 4.78 is 40.9. The first kappa shape index (κ1) is 27.4. The molecule has 2 aromatic heterocycles. The van der Waals surface area contributed by atoms with Gasteiger partial charge in [-0.2, -0.15) is 23.1 Å². The first-order valence-electron chi connectivity index (χ1n) is 13.5. The fourth-order valence-electron chi connectivity index (χ4n) is 5.08. The number of nitrogens with zero attached hydrogens (tertiary/aromatic N) is 6. The Kier molecular flexibility index (Phi) is 7.90. The van der Waals surface area contributed by atoms with Gasteiger partial charge >= 0.3 is 6.18 Å². The van der Waals surface area contributed by atoms with Crippen molar-refractivity contribution in [2.24, 2.45) is 5.92 Å². The number of piperidine rings is 1. The van der Waals surface area contributed by atoms with E-state index in [9.17, 15) is 18.0 Å². The number of anilines is 3. The molecule has 1 fully saturated rings. The molecule has 1 saturated heterocycles. The SMILES string of the molecule is CCN(CC)C(=O)C1CCCN(c2nc(Nc3ccccc3)c3ncn(Cc4ccc(C(F)(F)F)cc4)c3n2)C1. The van der Waals surface area contributed by atoms with E-state index in [1.807, 2.05) is 58.5 Å². The average Bonchev–Trinajstić information content (AvgIpc) is 3.37. The van der Waals surface area contributed by atoms with Crippen LogP contribution in [0.3, 0.4) is 0 Å². The number of hydrogen-bond donors (Lipinski definition) is 1. The molecular formula is C29H32F3N7O. The molecule has 1 N–H and O–H groups in total. The number of hydrogen-bond acceptors (Lipinski definition) is 6. The zero-order valence-electron chi connectivity index (χ0n) is 22.5. The smallest absolute Gasteiger partial charge is 0.343 e. The number of imidazole rings is 1. The molecule has 8 nitrogen and oxygen atoms in total. The Morgan fingerprint density at radius 3 is 2.45 bits per heavy atom. The van der Waals surface area contributed by atoms with Crippen LogP contribution in [0.5, 0.6) is 0 Å². The molecular weight excluding hydrogens is 519 g/mol. The van der Waals surface area contributed by atoms with Gasteiger partial charge in [0, 0.05) is 31.9 Å². The van der Waals surface area contributed by atoms with E-state index in [-0.39, 0.29) is 11.8 Å². The maximum Gasteiger partial charge on any atom is 0.416 e. The van der Waals surface area contributed by atoms with Gasteiger partial charge < -0.3 is 19.7 Å². The summed E-state index contributed by atoms with van der Waals surface area (Å²) in [6.07, 6.45) is -1.11. The number of alkyl halides is 3. The molecule has 210 valence electrons. The minimum atomic E-state index is -4.39. The second-order valence-corrected chi connectivity index (χ2v) is 9.90. The maximum absolute atomic E-state index is 13.1. The molecule has 40 heavy (non-hydrogen) atoms. The van der Waals surface area contributed by atoms with E-state index in [4.69, 9.17) is 9.97 Å². The predicted octanol–water partition coefficient (Wildman–Crippen LogP) is 5.72. The molecule has 2 aromatic carbocycles. The number of halogens is 3. The standard InChI is InChI=1S/C29H32F3N7O/c1-3-37(4-2)27(40)21-9-8-16-38(18-21)28-35-25(34-23-10-6-5-7-11-23)24-26(36-28)39(19-33-24)17-20-12-14-22(15-13-20)29(30,31)32/h5-7,10-15,19,21H,3-4,8-9,16-18H2,1-2H3,(H,34,35,36). The van der Waals surface area contributed by atoms with Gasteiger partial charge in [0.25, 0.3) is 0 Å². The van der Waals surface area contributed by atoms with Crippen molar-refractivity contribution in [3.8, 4) is 0 Å². The molecule has 1 aliphatic heterocycles.